The molecule has 0 radical (unpaired) electrons. The van der Waals surface area contributed by atoms with Gasteiger partial charge in [0, 0.05) is 12.0 Å². The molecule has 0 heterocycles. The van der Waals surface area contributed by atoms with Crippen LogP contribution in [0.3, 0.4) is 0 Å². The van der Waals surface area contributed by atoms with E-state index in [1.54, 1.807) is 19.1 Å². The van der Waals surface area contributed by atoms with Crippen LogP contribution < -0.4 is 0 Å². The number of fused-ring (bicyclic) bond motifs is 1. The number of alkyl halides is 2. The Morgan fingerprint density at radius 3 is 2.71 bits per heavy atom. The summed E-state index contributed by atoms with van der Waals surface area (Å²) in [6, 6.07) is 4.88. The van der Waals surface area contributed by atoms with E-state index in [9.17, 15) is 18.4 Å². The van der Waals surface area contributed by atoms with Crippen molar-refractivity contribution in [3.8, 4) is 0 Å². The third-order valence-corrected chi connectivity index (χ3v) is 3.98. The Balaban J connectivity index is 2.36. The molecule has 0 aliphatic heterocycles. The summed E-state index contributed by atoms with van der Waals surface area (Å²) in [5, 5.41) is 0. The molecule has 0 spiro atoms. The Morgan fingerprint density at radius 1 is 1.43 bits per heavy atom. The molecule has 0 aromatic heterocycles. The van der Waals surface area contributed by atoms with Gasteiger partial charge in [0.05, 0.1) is 6.61 Å². The van der Waals surface area contributed by atoms with Gasteiger partial charge in [-0.1, -0.05) is 31.5 Å². The first-order valence-corrected chi connectivity index (χ1v) is 7.03. The Bertz CT molecular complexity index is 569. The van der Waals surface area contributed by atoms with Crippen LogP contribution in [0, 0.1) is 12.3 Å². The summed E-state index contributed by atoms with van der Waals surface area (Å²) in [5.41, 5.74) is -0.898. The number of carbonyl (C=O) groups excluding carboxylic acids is 2. The van der Waals surface area contributed by atoms with E-state index in [4.69, 9.17) is 4.74 Å². The maximum atomic E-state index is 13.6. The summed E-state index contributed by atoms with van der Waals surface area (Å²) < 4.78 is 32.1. The molecule has 114 valence electrons. The fourth-order valence-corrected chi connectivity index (χ4v) is 2.62. The molecule has 1 aromatic rings. The van der Waals surface area contributed by atoms with E-state index in [0.29, 0.717) is 12.0 Å². The van der Waals surface area contributed by atoms with Crippen molar-refractivity contribution < 1.29 is 23.1 Å². The third-order valence-electron chi connectivity index (χ3n) is 3.98. The Morgan fingerprint density at radius 2 is 2.14 bits per heavy atom. The number of hydrogen-bond acceptors (Lipinski definition) is 3. The number of Topliss-reactive ketones (excluding diaryl/α,β-unsaturated/α-hetero) is 1. The molecule has 1 atom stereocenters. The zero-order valence-corrected chi connectivity index (χ0v) is 12.1. The molecule has 0 saturated heterocycles. The molecule has 2 rings (SSSR count). The molecule has 21 heavy (non-hydrogen) atoms. The number of halogens is 2. The lowest BCUT2D eigenvalue weighted by molar-refractivity contribution is -0.160. The number of benzene rings is 1. The molecule has 0 bridgehead atoms. The fourth-order valence-electron chi connectivity index (χ4n) is 2.62. The highest BCUT2D eigenvalue weighted by molar-refractivity contribution is 6.16. The predicted molar refractivity (Wildman–Crippen MR) is 73.5 cm³/mol. The Kier molecular flexibility index (Phi) is 4.40. The van der Waals surface area contributed by atoms with Gasteiger partial charge in [-0.05, 0) is 24.5 Å². The van der Waals surface area contributed by atoms with E-state index in [1.807, 2.05) is 6.92 Å². The van der Waals surface area contributed by atoms with Crippen LogP contribution in [0.25, 0.3) is 0 Å². The van der Waals surface area contributed by atoms with Crippen molar-refractivity contribution in [2.24, 2.45) is 5.41 Å². The van der Waals surface area contributed by atoms with Crippen LogP contribution in [0.4, 0.5) is 8.78 Å². The first kappa shape index (κ1) is 15.6. The lowest BCUT2D eigenvalue weighted by atomic mass is 9.84. The van der Waals surface area contributed by atoms with E-state index in [1.165, 1.54) is 6.07 Å². The fraction of sp³-hybridized carbons (Fsp3) is 0.500. The minimum absolute atomic E-state index is 0.0619. The van der Waals surface area contributed by atoms with Crippen molar-refractivity contribution in [3.05, 3.63) is 34.9 Å². The summed E-state index contributed by atoms with van der Waals surface area (Å²) in [6.07, 6.45) is -1.99. The smallest absolute Gasteiger partial charge is 0.326 e. The number of unbranched alkanes of at least 4 members (excludes halogenated alkanes) is 1. The van der Waals surface area contributed by atoms with Crippen molar-refractivity contribution in [2.45, 2.75) is 39.5 Å². The summed E-state index contributed by atoms with van der Waals surface area (Å²) in [5.74, 6) is -1.93. The lowest BCUT2D eigenvalue weighted by Gasteiger charge is -2.24. The zero-order chi connectivity index (χ0) is 15.6. The van der Waals surface area contributed by atoms with Crippen molar-refractivity contribution in [1.29, 1.82) is 0 Å². The first-order chi connectivity index (χ1) is 9.95. The van der Waals surface area contributed by atoms with Crippen LogP contribution in [-0.4, -0.2) is 24.8 Å². The van der Waals surface area contributed by atoms with Gasteiger partial charge >= 0.3 is 5.97 Å². The average molecular weight is 296 g/mol. The van der Waals surface area contributed by atoms with E-state index in [-0.39, 0.29) is 18.6 Å². The van der Waals surface area contributed by atoms with Gasteiger partial charge in [0.2, 0.25) is 0 Å². The molecule has 3 nitrogen and oxygen atoms in total. The second kappa shape index (κ2) is 5.92. The van der Waals surface area contributed by atoms with Gasteiger partial charge in [-0.3, -0.25) is 9.59 Å². The van der Waals surface area contributed by atoms with Crippen molar-refractivity contribution in [1.82, 2.24) is 0 Å². The largest absolute Gasteiger partial charge is 0.465 e. The van der Waals surface area contributed by atoms with Crippen molar-refractivity contribution in [2.75, 3.05) is 6.61 Å². The molecule has 1 aliphatic rings. The van der Waals surface area contributed by atoms with Gasteiger partial charge in [-0.25, -0.2) is 8.78 Å². The van der Waals surface area contributed by atoms with Gasteiger partial charge in [-0.2, -0.15) is 0 Å². The van der Waals surface area contributed by atoms with Gasteiger partial charge in [-0.15, -0.1) is 0 Å². The first-order valence-electron chi connectivity index (χ1n) is 7.03. The molecule has 0 amide bonds. The maximum absolute atomic E-state index is 13.6. The Hall–Kier alpha value is -1.78. The van der Waals surface area contributed by atoms with E-state index < -0.39 is 23.6 Å². The minimum Gasteiger partial charge on any atom is -0.465 e. The molecular formula is C16H18F2O3. The number of ketones is 1. The number of carbonyl (C=O) groups is 2. The number of rotatable bonds is 5. The minimum atomic E-state index is -3.08. The molecule has 1 aliphatic carbocycles. The monoisotopic (exact) mass is 296 g/mol. The third kappa shape index (κ3) is 2.45. The molecule has 5 heteroatoms. The zero-order valence-electron chi connectivity index (χ0n) is 12.1. The summed E-state index contributed by atoms with van der Waals surface area (Å²) in [6.45, 7) is 3.71. The van der Waals surface area contributed by atoms with Gasteiger partial charge < -0.3 is 4.74 Å². The van der Waals surface area contributed by atoms with Crippen LogP contribution in [0.15, 0.2) is 18.2 Å². The lowest BCUT2D eigenvalue weighted by Crippen LogP contribution is -2.45. The standard InChI is InChI=1S/C16H18F2O3/c1-3-4-8-21-15(20)16(14(17)18)9-12-10(2)6-5-7-11(12)13(16)19/h5-7,14H,3-4,8-9H2,1-2H3. The highest BCUT2D eigenvalue weighted by Crippen LogP contribution is 2.43. The van der Waals surface area contributed by atoms with E-state index in [2.05, 4.69) is 0 Å². The molecule has 1 aromatic carbocycles. The van der Waals surface area contributed by atoms with Gasteiger partial charge in [0.25, 0.3) is 6.43 Å². The molecule has 0 N–H and O–H groups in total. The molecule has 0 fully saturated rings. The van der Waals surface area contributed by atoms with Crippen LogP contribution in [0.5, 0.6) is 0 Å². The second-order valence-electron chi connectivity index (χ2n) is 5.37. The van der Waals surface area contributed by atoms with Gasteiger partial charge in [0.15, 0.2) is 11.2 Å². The van der Waals surface area contributed by atoms with Crippen LogP contribution in [0.1, 0.15) is 41.3 Å². The van der Waals surface area contributed by atoms with E-state index >= 15 is 0 Å². The number of hydrogen-bond donors (Lipinski definition) is 0. The second-order valence-corrected chi connectivity index (χ2v) is 5.37. The quantitative estimate of drug-likeness (QED) is 0.475. The predicted octanol–water partition coefficient (Wildman–Crippen LogP) is 3.33. The normalized spacial score (nSPS) is 20.7. The highest BCUT2D eigenvalue weighted by Gasteiger charge is 2.59. The summed E-state index contributed by atoms with van der Waals surface area (Å²) >= 11 is 0. The number of aryl methyl sites for hydroxylation is 1. The van der Waals surface area contributed by atoms with E-state index in [0.717, 1.165) is 12.0 Å². The Labute approximate surface area is 122 Å². The summed E-state index contributed by atoms with van der Waals surface area (Å²) in [7, 11) is 0. The van der Waals surface area contributed by atoms with Crippen LogP contribution in [-0.2, 0) is 16.0 Å². The van der Waals surface area contributed by atoms with Crippen LogP contribution in [0.2, 0.25) is 0 Å². The summed E-state index contributed by atoms with van der Waals surface area (Å²) in [4.78, 5) is 24.6. The molecular weight excluding hydrogens is 278 g/mol. The SMILES string of the molecule is CCCCOC(=O)C1(C(F)F)Cc2c(C)cccc2C1=O. The van der Waals surface area contributed by atoms with Crippen molar-refractivity contribution in [3.63, 3.8) is 0 Å². The molecule has 1 unspecified atom stereocenters. The topological polar surface area (TPSA) is 43.4 Å². The van der Waals surface area contributed by atoms with Crippen LogP contribution >= 0.6 is 0 Å². The van der Waals surface area contributed by atoms with Crippen molar-refractivity contribution >= 4 is 11.8 Å². The maximum Gasteiger partial charge on any atom is 0.326 e. The number of ether oxygens (including phenoxy) is 1. The number of esters is 1. The molecule has 0 saturated carbocycles. The van der Waals surface area contributed by atoms with Gasteiger partial charge in [0.1, 0.15) is 0 Å². The highest BCUT2D eigenvalue weighted by atomic mass is 19.3. The average Bonchev–Trinajstić information content (AvgIpc) is 2.75.